The van der Waals surface area contributed by atoms with Crippen molar-refractivity contribution in [2.75, 3.05) is 38.0 Å². The Kier molecular flexibility index (Phi) is 6.26. The number of rotatable bonds is 8. The van der Waals surface area contributed by atoms with Crippen LogP contribution < -0.4 is 5.32 Å². The van der Waals surface area contributed by atoms with Crippen molar-refractivity contribution >= 4 is 16.5 Å². The summed E-state index contributed by atoms with van der Waals surface area (Å²) in [6.45, 7) is 13.5. The molecule has 0 spiro atoms. The van der Waals surface area contributed by atoms with Gasteiger partial charge in [0.15, 0.2) is 5.13 Å². The second-order valence-corrected chi connectivity index (χ2v) is 6.57. The maximum absolute atomic E-state index is 4.45. The highest BCUT2D eigenvalue weighted by Crippen LogP contribution is 2.23. The summed E-state index contributed by atoms with van der Waals surface area (Å²) >= 11 is 1.80. The first-order chi connectivity index (χ1) is 9.76. The van der Waals surface area contributed by atoms with E-state index in [1.165, 1.54) is 37.5 Å². The number of hydrogen-bond donors (Lipinski definition) is 1. The third-order valence-corrected chi connectivity index (χ3v) is 4.98. The van der Waals surface area contributed by atoms with E-state index in [0.717, 1.165) is 30.7 Å². The van der Waals surface area contributed by atoms with Gasteiger partial charge < -0.3 is 5.32 Å². The van der Waals surface area contributed by atoms with Crippen LogP contribution in [0.4, 0.5) is 5.13 Å². The Labute approximate surface area is 127 Å². The van der Waals surface area contributed by atoms with E-state index < -0.39 is 0 Å². The highest BCUT2D eigenvalue weighted by Gasteiger charge is 2.26. The molecule has 0 radical (unpaired) electrons. The Morgan fingerprint density at radius 2 is 2.20 bits per heavy atom. The summed E-state index contributed by atoms with van der Waals surface area (Å²) in [4.78, 5) is 11.0. The molecule has 1 aromatic rings. The predicted molar refractivity (Wildman–Crippen MR) is 87.5 cm³/mol. The Morgan fingerprint density at radius 3 is 2.90 bits per heavy atom. The number of thiazole rings is 1. The van der Waals surface area contributed by atoms with Crippen LogP contribution in [0.25, 0.3) is 0 Å². The number of aromatic nitrogens is 1. The molecule has 2 heterocycles. The summed E-state index contributed by atoms with van der Waals surface area (Å²) in [5, 5.41) is 4.44. The monoisotopic (exact) mass is 296 g/mol. The Morgan fingerprint density at radius 1 is 1.40 bits per heavy atom. The summed E-state index contributed by atoms with van der Waals surface area (Å²) in [7, 11) is 0. The fraction of sp³-hybridized carbons (Fsp3) is 0.800. The largest absolute Gasteiger partial charge is 0.362 e. The van der Waals surface area contributed by atoms with Gasteiger partial charge in [-0.1, -0.05) is 20.8 Å². The first-order valence-corrected chi connectivity index (χ1v) is 8.73. The number of hydrogen-bond acceptors (Lipinski definition) is 5. The molecule has 0 amide bonds. The Bertz CT molecular complexity index is 389. The van der Waals surface area contributed by atoms with Crippen molar-refractivity contribution < 1.29 is 0 Å². The first kappa shape index (κ1) is 15.7. The second kappa shape index (κ2) is 7.96. The van der Waals surface area contributed by atoms with E-state index in [2.05, 4.69) is 40.9 Å². The zero-order chi connectivity index (χ0) is 14.4. The summed E-state index contributed by atoms with van der Waals surface area (Å²) in [5.41, 5.74) is 0. The predicted octanol–water partition coefficient (Wildman–Crippen LogP) is 2.88. The summed E-state index contributed by atoms with van der Waals surface area (Å²) < 4.78 is 0. The van der Waals surface area contributed by atoms with Gasteiger partial charge in [-0.05, 0) is 25.9 Å². The third kappa shape index (κ3) is 4.17. The number of anilines is 1. The van der Waals surface area contributed by atoms with E-state index in [1.807, 2.05) is 6.20 Å². The molecule has 0 aliphatic carbocycles. The molecule has 0 aromatic carbocycles. The van der Waals surface area contributed by atoms with Crippen molar-refractivity contribution in [1.29, 1.82) is 0 Å². The van der Waals surface area contributed by atoms with Gasteiger partial charge in [-0.2, -0.15) is 0 Å². The summed E-state index contributed by atoms with van der Waals surface area (Å²) in [6.07, 6.45) is 4.49. The van der Waals surface area contributed by atoms with Crippen LogP contribution in [0, 0.1) is 0 Å². The highest BCUT2D eigenvalue weighted by molar-refractivity contribution is 7.15. The molecule has 2 rings (SSSR count). The van der Waals surface area contributed by atoms with Crippen LogP contribution in [-0.4, -0.2) is 53.5 Å². The van der Waals surface area contributed by atoms with Crippen LogP contribution in [-0.2, 0) is 6.54 Å². The summed E-state index contributed by atoms with van der Waals surface area (Å²) in [6, 6.07) is 0.746. The van der Waals surface area contributed by atoms with E-state index in [9.17, 15) is 0 Å². The Balaban J connectivity index is 1.81. The van der Waals surface area contributed by atoms with Crippen LogP contribution in [0.15, 0.2) is 6.20 Å². The molecule has 0 bridgehead atoms. The van der Waals surface area contributed by atoms with Crippen LogP contribution in [0.3, 0.4) is 0 Å². The molecule has 4 nitrogen and oxygen atoms in total. The maximum atomic E-state index is 4.45. The van der Waals surface area contributed by atoms with Crippen molar-refractivity contribution in [3.05, 3.63) is 11.1 Å². The van der Waals surface area contributed by atoms with Gasteiger partial charge >= 0.3 is 0 Å². The molecule has 0 saturated carbocycles. The van der Waals surface area contributed by atoms with Gasteiger partial charge in [0.2, 0.25) is 0 Å². The molecular weight excluding hydrogens is 268 g/mol. The molecule has 1 aromatic heterocycles. The van der Waals surface area contributed by atoms with E-state index in [1.54, 1.807) is 11.3 Å². The van der Waals surface area contributed by atoms with Crippen molar-refractivity contribution in [3.8, 4) is 0 Å². The van der Waals surface area contributed by atoms with Gasteiger partial charge in [0.05, 0.1) is 0 Å². The molecule has 20 heavy (non-hydrogen) atoms. The SMILES string of the molecule is CCCNc1ncc(CN2CCC(N(CC)CC)C2)s1. The third-order valence-electron chi connectivity index (χ3n) is 4.04. The van der Waals surface area contributed by atoms with E-state index in [4.69, 9.17) is 0 Å². The van der Waals surface area contributed by atoms with Crippen LogP contribution >= 0.6 is 11.3 Å². The molecule has 114 valence electrons. The van der Waals surface area contributed by atoms with Gasteiger partial charge in [0, 0.05) is 43.3 Å². The van der Waals surface area contributed by atoms with Crippen molar-refractivity contribution in [1.82, 2.24) is 14.8 Å². The summed E-state index contributed by atoms with van der Waals surface area (Å²) in [5.74, 6) is 0. The minimum atomic E-state index is 0.746. The average molecular weight is 296 g/mol. The molecule has 1 saturated heterocycles. The minimum absolute atomic E-state index is 0.746. The fourth-order valence-electron chi connectivity index (χ4n) is 2.91. The van der Waals surface area contributed by atoms with Crippen LogP contribution in [0.1, 0.15) is 38.5 Å². The van der Waals surface area contributed by atoms with Gasteiger partial charge in [0.25, 0.3) is 0 Å². The molecule has 1 unspecified atom stereocenters. The average Bonchev–Trinajstić information content (AvgIpc) is 3.08. The minimum Gasteiger partial charge on any atom is -0.362 e. The van der Waals surface area contributed by atoms with Gasteiger partial charge in [0.1, 0.15) is 0 Å². The normalized spacial score (nSPS) is 19.9. The van der Waals surface area contributed by atoms with Gasteiger partial charge in [-0.15, -0.1) is 11.3 Å². The number of nitrogens with one attached hydrogen (secondary N) is 1. The lowest BCUT2D eigenvalue weighted by Crippen LogP contribution is -2.37. The first-order valence-electron chi connectivity index (χ1n) is 7.91. The zero-order valence-corrected chi connectivity index (χ0v) is 13.9. The molecule has 1 atom stereocenters. The number of likely N-dealkylation sites (tertiary alicyclic amines) is 1. The molecular formula is C15H28N4S. The topological polar surface area (TPSA) is 31.4 Å². The van der Waals surface area contributed by atoms with Gasteiger partial charge in [-0.3, -0.25) is 9.80 Å². The second-order valence-electron chi connectivity index (χ2n) is 5.46. The Hall–Kier alpha value is -0.650. The maximum Gasteiger partial charge on any atom is 0.182 e. The quantitative estimate of drug-likeness (QED) is 0.799. The standard InChI is InChI=1S/C15H28N4S/c1-4-8-16-15-17-10-14(20-15)12-18-9-7-13(11-18)19(5-2)6-3/h10,13H,4-9,11-12H2,1-3H3,(H,16,17). The highest BCUT2D eigenvalue weighted by atomic mass is 32.1. The zero-order valence-electron chi connectivity index (χ0n) is 13.1. The lowest BCUT2D eigenvalue weighted by molar-refractivity contribution is 0.209. The van der Waals surface area contributed by atoms with E-state index in [-0.39, 0.29) is 0 Å². The molecule has 1 N–H and O–H groups in total. The van der Waals surface area contributed by atoms with E-state index >= 15 is 0 Å². The van der Waals surface area contributed by atoms with Crippen LogP contribution in [0.2, 0.25) is 0 Å². The molecule has 1 aliphatic heterocycles. The fourth-order valence-corrected chi connectivity index (χ4v) is 3.79. The lowest BCUT2D eigenvalue weighted by Gasteiger charge is -2.26. The molecule has 1 fully saturated rings. The van der Waals surface area contributed by atoms with Crippen molar-refractivity contribution in [2.45, 2.75) is 46.2 Å². The number of likely N-dealkylation sites (N-methyl/N-ethyl adjacent to an activating group) is 1. The van der Waals surface area contributed by atoms with E-state index in [0.29, 0.717) is 0 Å². The lowest BCUT2D eigenvalue weighted by atomic mass is 10.2. The number of nitrogens with zero attached hydrogens (tertiary/aromatic N) is 3. The van der Waals surface area contributed by atoms with Crippen LogP contribution in [0.5, 0.6) is 0 Å². The van der Waals surface area contributed by atoms with Gasteiger partial charge in [-0.25, -0.2) is 4.98 Å². The molecule has 1 aliphatic rings. The molecule has 5 heteroatoms. The van der Waals surface area contributed by atoms with Crippen molar-refractivity contribution in [2.24, 2.45) is 0 Å². The van der Waals surface area contributed by atoms with Crippen molar-refractivity contribution in [3.63, 3.8) is 0 Å². The smallest absolute Gasteiger partial charge is 0.182 e.